The Morgan fingerprint density at radius 2 is 2.26 bits per heavy atom. The summed E-state index contributed by atoms with van der Waals surface area (Å²) in [5, 5.41) is 15.2. The number of nitrogens with two attached hydrogens (primary N) is 1. The van der Waals surface area contributed by atoms with E-state index in [1.54, 1.807) is 30.5 Å². The van der Waals surface area contributed by atoms with Crippen molar-refractivity contribution in [2.24, 2.45) is 0 Å². The summed E-state index contributed by atoms with van der Waals surface area (Å²) in [7, 11) is 0. The average Bonchev–Trinajstić information content (AvgIpc) is 2.86. The Labute approximate surface area is 115 Å². The monoisotopic (exact) mass is 277 g/mol. The molecule has 0 fully saturated rings. The predicted octanol–water partition coefficient (Wildman–Crippen LogP) is 2.91. The minimum absolute atomic E-state index is 0.0182. The third-order valence-electron chi connectivity index (χ3n) is 2.82. The van der Waals surface area contributed by atoms with Gasteiger partial charge < -0.3 is 16.2 Å². The molecule has 0 aliphatic rings. The van der Waals surface area contributed by atoms with E-state index in [9.17, 15) is 4.79 Å². The van der Waals surface area contributed by atoms with Crippen molar-refractivity contribution in [3.63, 3.8) is 0 Å². The molecule has 100 valence electrons. The number of aryl methyl sites for hydroxylation is 1. The van der Waals surface area contributed by atoms with E-state index in [1.165, 1.54) is 0 Å². The Morgan fingerprint density at radius 3 is 2.84 bits per heavy atom. The standard InChI is InChI=1S/C13H15N3O2S/c1-7-5-9(6-10(11(7)14)13(17)18)16-8(2)12-15-3-4-19-12/h3-6,8,16H,14H2,1-2H3,(H,17,18). The molecule has 0 bridgehead atoms. The van der Waals surface area contributed by atoms with E-state index in [2.05, 4.69) is 10.3 Å². The summed E-state index contributed by atoms with van der Waals surface area (Å²) >= 11 is 1.55. The number of benzene rings is 1. The number of carbonyl (C=O) groups is 1. The van der Waals surface area contributed by atoms with Gasteiger partial charge in [-0.3, -0.25) is 0 Å². The van der Waals surface area contributed by atoms with Gasteiger partial charge >= 0.3 is 5.97 Å². The van der Waals surface area contributed by atoms with Gasteiger partial charge in [0.25, 0.3) is 0 Å². The van der Waals surface area contributed by atoms with Crippen molar-refractivity contribution in [1.29, 1.82) is 0 Å². The van der Waals surface area contributed by atoms with E-state index >= 15 is 0 Å². The molecule has 5 nitrogen and oxygen atoms in total. The van der Waals surface area contributed by atoms with Gasteiger partial charge in [-0.2, -0.15) is 0 Å². The maximum absolute atomic E-state index is 11.1. The maximum atomic E-state index is 11.1. The van der Waals surface area contributed by atoms with Crippen LogP contribution in [0.15, 0.2) is 23.7 Å². The van der Waals surface area contributed by atoms with Gasteiger partial charge in [-0.25, -0.2) is 9.78 Å². The first-order valence-corrected chi connectivity index (χ1v) is 6.66. The van der Waals surface area contributed by atoms with Crippen LogP contribution in [0.3, 0.4) is 0 Å². The third-order valence-corrected chi connectivity index (χ3v) is 3.78. The summed E-state index contributed by atoms with van der Waals surface area (Å²) in [4.78, 5) is 15.3. The molecule has 2 rings (SSSR count). The van der Waals surface area contributed by atoms with Crippen LogP contribution in [0, 0.1) is 6.92 Å². The zero-order valence-electron chi connectivity index (χ0n) is 10.7. The van der Waals surface area contributed by atoms with Crippen LogP contribution in [0.25, 0.3) is 0 Å². The van der Waals surface area contributed by atoms with Gasteiger partial charge in [-0.15, -0.1) is 11.3 Å². The van der Waals surface area contributed by atoms with Gasteiger partial charge in [-0.1, -0.05) is 0 Å². The molecular formula is C13H15N3O2S. The summed E-state index contributed by atoms with van der Waals surface area (Å²) in [6, 6.07) is 3.41. The Morgan fingerprint density at radius 1 is 1.53 bits per heavy atom. The van der Waals surface area contributed by atoms with Crippen molar-refractivity contribution in [3.05, 3.63) is 39.8 Å². The number of hydrogen-bond acceptors (Lipinski definition) is 5. The number of carboxylic acids is 1. The predicted molar refractivity (Wildman–Crippen MR) is 76.7 cm³/mol. The van der Waals surface area contributed by atoms with Crippen LogP contribution in [-0.2, 0) is 0 Å². The number of anilines is 2. The van der Waals surface area contributed by atoms with Gasteiger partial charge in [0, 0.05) is 23.0 Å². The molecule has 4 N–H and O–H groups in total. The molecule has 0 spiro atoms. The lowest BCUT2D eigenvalue weighted by atomic mass is 10.1. The molecular weight excluding hydrogens is 262 g/mol. The Balaban J connectivity index is 2.28. The van der Waals surface area contributed by atoms with Crippen molar-refractivity contribution in [1.82, 2.24) is 4.98 Å². The van der Waals surface area contributed by atoms with Crippen LogP contribution in [0.1, 0.15) is 33.9 Å². The molecule has 0 amide bonds. The summed E-state index contributed by atoms with van der Waals surface area (Å²) in [5.74, 6) is -1.02. The van der Waals surface area contributed by atoms with Crippen LogP contribution in [0.4, 0.5) is 11.4 Å². The molecule has 1 heterocycles. The van der Waals surface area contributed by atoms with Crippen LogP contribution in [0.2, 0.25) is 0 Å². The molecule has 0 saturated heterocycles. The molecule has 1 unspecified atom stereocenters. The lowest BCUT2D eigenvalue weighted by Gasteiger charge is -2.15. The quantitative estimate of drug-likeness (QED) is 0.748. The van der Waals surface area contributed by atoms with Gasteiger partial charge in [0.1, 0.15) is 5.01 Å². The highest BCUT2D eigenvalue weighted by Gasteiger charge is 2.14. The molecule has 0 radical (unpaired) electrons. The first-order chi connectivity index (χ1) is 8.99. The first-order valence-electron chi connectivity index (χ1n) is 5.78. The maximum Gasteiger partial charge on any atom is 0.337 e. The molecule has 0 aliphatic carbocycles. The van der Waals surface area contributed by atoms with Crippen molar-refractivity contribution >= 4 is 28.7 Å². The number of hydrogen-bond donors (Lipinski definition) is 3. The fourth-order valence-corrected chi connectivity index (χ4v) is 2.46. The Kier molecular flexibility index (Phi) is 3.71. The fraction of sp³-hybridized carbons (Fsp3) is 0.231. The molecule has 1 atom stereocenters. The third kappa shape index (κ3) is 2.85. The topological polar surface area (TPSA) is 88.2 Å². The van der Waals surface area contributed by atoms with E-state index in [-0.39, 0.29) is 11.6 Å². The molecule has 0 aliphatic heterocycles. The molecule has 1 aromatic carbocycles. The first kappa shape index (κ1) is 13.4. The number of nitrogen functional groups attached to an aromatic ring is 1. The second kappa shape index (κ2) is 5.27. The second-order valence-electron chi connectivity index (χ2n) is 4.30. The highest BCUT2D eigenvalue weighted by molar-refractivity contribution is 7.09. The van der Waals surface area contributed by atoms with E-state index in [0.29, 0.717) is 5.69 Å². The SMILES string of the molecule is Cc1cc(NC(C)c2nccs2)cc(C(=O)O)c1N. The highest BCUT2D eigenvalue weighted by Crippen LogP contribution is 2.26. The number of rotatable bonds is 4. The lowest BCUT2D eigenvalue weighted by Crippen LogP contribution is -2.09. The number of aromatic nitrogens is 1. The van der Waals surface area contributed by atoms with Crippen LogP contribution < -0.4 is 11.1 Å². The van der Waals surface area contributed by atoms with Crippen LogP contribution in [-0.4, -0.2) is 16.1 Å². The summed E-state index contributed by atoms with van der Waals surface area (Å²) < 4.78 is 0. The molecule has 2 aromatic rings. The number of aromatic carboxylic acids is 1. The molecule has 6 heteroatoms. The van der Waals surface area contributed by atoms with Gasteiger partial charge in [-0.05, 0) is 31.5 Å². The van der Waals surface area contributed by atoms with Gasteiger partial charge in [0.05, 0.1) is 11.6 Å². The smallest absolute Gasteiger partial charge is 0.337 e. The molecule has 0 saturated carbocycles. The minimum Gasteiger partial charge on any atom is -0.478 e. The highest BCUT2D eigenvalue weighted by atomic mass is 32.1. The fourth-order valence-electron chi connectivity index (χ4n) is 1.82. The number of carboxylic acid groups (broad SMARTS) is 1. The van der Waals surface area contributed by atoms with E-state index < -0.39 is 5.97 Å². The van der Waals surface area contributed by atoms with Gasteiger partial charge in [0.2, 0.25) is 0 Å². The van der Waals surface area contributed by atoms with Crippen molar-refractivity contribution in [3.8, 4) is 0 Å². The Bertz CT molecular complexity index is 596. The number of nitrogens with zero attached hydrogens (tertiary/aromatic N) is 1. The van der Waals surface area contributed by atoms with E-state index in [4.69, 9.17) is 10.8 Å². The van der Waals surface area contributed by atoms with Gasteiger partial charge in [0.15, 0.2) is 0 Å². The average molecular weight is 277 g/mol. The van der Waals surface area contributed by atoms with Crippen molar-refractivity contribution < 1.29 is 9.90 Å². The molecule has 1 aromatic heterocycles. The summed E-state index contributed by atoms with van der Waals surface area (Å²) in [6.07, 6.45) is 1.75. The molecule has 19 heavy (non-hydrogen) atoms. The number of thiazole rings is 1. The Hall–Kier alpha value is -2.08. The minimum atomic E-state index is -1.02. The van der Waals surface area contributed by atoms with Crippen molar-refractivity contribution in [2.75, 3.05) is 11.1 Å². The normalized spacial score (nSPS) is 12.1. The van der Waals surface area contributed by atoms with Crippen LogP contribution in [0.5, 0.6) is 0 Å². The largest absolute Gasteiger partial charge is 0.478 e. The summed E-state index contributed by atoms with van der Waals surface area (Å²) in [5.41, 5.74) is 7.66. The van der Waals surface area contributed by atoms with Crippen LogP contribution >= 0.6 is 11.3 Å². The van der Waals surface area contributed by atoms with E-state index in [1.807, 2.05) is 18.4 Å². The van der Waals surface area contributed by atoms with E-state index in [0.717, 1.165) is 16.3 Å². The number of nitrogens with one attached hydrogen (secondary N) is 1. The lowest BCUT2D eigenvalue weighted by molar-refractivity contribution is 0.0698. The zero-order valence-corrected chi connectivity index (χ0v) is 11.5. The van der Waals surface area contributed by atoms with Crippen molar-refractivity contribution in [2.45, 2.75) is 19.9 Å². The summed E-state index contributed by atoms with van der Waals surface area (Å²) in [6.45, 7) is 3.77. The zero-order chi connectivity index (χ0) is 14.0. The second-order valence-corrected chi connectivity index (χ2v) is 5.22.